The van der Waals surface area contributed by atoms with Crippen LogP contribution in [0, 0.1) is 0 Å². The smallest absolute Gasteiger partial charge is 0.213 e. The Balaban J connectivity index is 1.55. The fourth-order valence-electron chi connectivity index (χ4n) is 3.76. The lowest BCUT2D eigenvalue weighted by molar-refractivity contribution is 0.398. The lowest BCUT2D eigenvalue weighted by Crippen LogP contribution is -2.46. The summed E-state index contributed by atoms with van der Waals surface area (Å²) in [7, 11) is 5.01. The third-order valence-corrected chi connectivity index (χ3v) is 5.48. The highest BCUT2D eigenvalue weighted by atomic mass is 16.5. The molecule has 0 unspecified atom stereocenters. The van der Waals surface area contributed by atoms with Crippen molar-refractivity contribution in [3.8, 4) is 28.6 Å². The molecular formula is C24H27N3O3. The second-order valence-electron chi connectivity index (χ2n) is 7.12. The maximum absolute atomic E-state index is 5.38. The normalized spacial score (nSPS) is 13.8. The highest BCUT2D eigenvalue weighted by Gasteiger charge is 2.21. The SMILES string of the molecule is COc1ccc(-c2nc(OC)ccc2N2CCN(c3ccc(OC)cc3)CC2)cc1. The monoisotopic (exact) mass is 405 g/mol. The second kappa shape index (κ2) is 8.95. The molecule has 156 valence electrons. The third-order valence-electron chi connectivity index (χ3n) is 5.48. The summed E-state index contributed by atoms with van der Waals surface area (Å²) in [6, 6.07) is 20.3. The zero-order valence-electron chi connectivity index (χ0n) is 17.7. The zero-order chi connectivity index (χ0) is 20.9. The van der Waals surface area contributed by atoms with Gasteiger partial charge in [-0.15, -0.1) is 0 Å². The molecule has 1 aromatic heterocycles. The summed E-state index contributed by atoms with van der Waals surface area (Å²) >= 11 is 0. The van der Waals surface area contributed by atoms with E-state index in [4.69, 9.17) is 19.2 Å². The van der Waals surface area contributed by atoms with Crippen LogP contribution in [0.3, 0.4) is 0 Å². The molecule has 0 amide bonds. The molecule has 0 aliphatic carbocycles. The maximum atomic E-state index is 5.38. The van der Waals surface area contributed by atoms with Crippen LogP contribution >= 0.6 is 0 Å². The second-order valence-corrected chi connectivity index (χ2v) is 7.12. The number of nitrogens with zero attached hydrogens (tertiary/aromatic N) is 3. The van der Waals surface area contributed by atoms with Crippen LogP contribution in [-0.4, -0.2) is 52.5 Å². The van der Waals surface area contributed by atoms with Crippen molar-refractivity contribution in [2.24, 2.45) is 0 Å². The number of hydrogen-bond acceptors (Lipinski definition) is 6. The molecule has 0 spiro atoms. The van der Waals surface area contributed by atoms with E-state index in [0.717, 1.165) is 54.6 Å². The summed E-state index contributed by atoms with van der Waals surface area (Å²) < 4.78 is 15.9. The van der Waals surface area contributed by atoms with E-state index in [1.165, 1.54) is 5.69 Å². The topological polar surface area (TPSA) is 47.1 Å². The van der Waals surface area contributed by atoms with Gasteiger partial charge in [-0.1, -0.05) is 0 Å². The van der Waals surface area contributed by atoms with Gasteiger partial charge in [0.2, 0.25) is 5.88 Å². The summed E-state index contributed by atoms with van der Waals surface area (Å²) in [6.45, 7) is 3.73. The summed E-state index contributed by atoms with van der Waals surface area (Å²) in [5.74, 6) is 2.32. The average Bonchev–Trinajstić information content (AvgIpc) is 2.84. The molecule has 0 N–H and O–H groups in total. The Hall–Kier alpha value is -3.41. The minimum absolute atomic E-state index is 0.612. The van der Waals surface area contributed by atoms with Gasteiger partial charge in [0, 0.05) is 43.5 Å². The maximum Gasteiger partial charge on any atom is 0.213 e. The largest absolute Gasteiger partial charge is 0.497 e. The van der Waals surface area contributed by atoms with E-state index < -0.39 is 0 Å². The molecule has 4 rings (SSSR count). The Kier molecular flexibility index (Phi) is 5.93. The van der Waals surface area contributed by atoms with Gasteiger partial charge in [0.25, 0.3) is 0 Å². The van der Waals surface area contributed by atoms with E-state index in [0.29, 0.717) is 5.88 Å². The molecule has 0 bridgehead atoms. The van der Waals surface area contributed by atoms with E-state index in [9.17, 15) is 0 Å². The van der Waals surface area contributed by atoms with Crippen LogP contribution < -0.4 is 24.0 Å². The lowest BCUT2D eigenvalue weighted by Gasteiger charge is -2.38. The van der Waals surface area contributed by atoms with Crippen molar-refractivity contribution in [3.05, 3.63) is 60.7 Å². The number of pyridine rings is 1. The number of aromatic nitrogens is 1. The predicted molar refractivity (Wildman–Crippen MR) is 120 cm³/mol. The van der Waals surface area contributed by atoms with Gasteiger partial charge in [0.05, 0.1) is 32.7 Å². The van der Waals surface area contributed by atoms with E-state index in [2.05, 4.69) is 28.0 Å². The molecule has 1 fully saturated rings. The summed E-state index contributed by atoms with van der Waals surface area (Å²) in [4.78, 5) is 9.55. The van der Waals surface area contributed by atoms with Crippen molar-refractivity contribution < 1.29 is 14.2 Å². The van der Waals surface area contributed by atoms with E-state index in [1.807, 2.05) is 42.5 Å². The van der Waals surface area contributed by atoms with Crippen molar-refractivity contribution in [2.45, 2.75) is 0 Å². The van der Waals surface area contributed by atoms with Crippen molar-refractivity contribution in [3.63, 3.8) is 0 Å². The molecule has 3 aromatic rings. The van der Waals surface area contributed by atoms with Gasteiger partial charge in [-0.3, -0.25) is 0 Å². The van der Waals surface area contributed by atoms with Crippen LogP contribution in [-0.2, 0) is 0 Å². The Labute approximate surface area is 177 Å². The highest BCUT2D eigenvalue weighted by molar-refractivity contribution is 5.76. The fraction of sp³-hybridized carbons (Fsp3) is 0.292. The van der Waals surface area contributed by atoms with E-state index >= 15 is 0 Å². The Morgan fingerprint density at radius 1 is 0.633 bits per heavy atom. The first-order valence-electron chi connectivity index (χ1n) is 10.0. The molecule has 30 heavy (non-hydrogen) atoms. The Morgan fingerprint density at radius 2 is 1.20 bits per heavy atom. The number of anilines is 2. The lowest BCUT2D eigenvalue weighted by atomic mass is 10.1. The standard InChI is InChI=1S/C24H27N3O3/c1-28-20-8-4-18(5-9-20)24-22(12-13-23(25-24)30-3)27-16-14-26(15-17-27)19-6-10-21(29-2)11-7-19/h4-13H,14-17H2,1-3H3. The number of benzene rings is 2. The van der Waals surface area contributed by atoms with E-state index in [1.54, 1.807) is 21.3 Å². The third kappa shape index (κ3) is 4.13. The minimum Gasteiger partial charge on any atom is -0.497 e. The summed E-state index contributed by atoms with van der Waals surface area (Å²) in [6.07, 6.45) is 0. The van der Waals surface area contributed by atoms with Gasteiger partial charge in [0.1, 0.15) is 11.5 Å². The fourth-order valence-corrected chi connectivity index (χ4v) is 3.76. The van der Waals surface area contributed by atoms with Gasteiger partial charge >= 0.3 is 0 Å². The number of methoxy groups -OCH3 is 3. The van der Waals surface area contributed by atoms with Crippen LogP contribution in [0.25, 0.3) is 11.3 Å². The Morgan fingerprint density at radius 3 is 1.77 bits per heavy atom. The highest BCUT2D eigenvalue weighted by Crippen LogP contribution is 2.33. The van der Waals surface area contributed by atoms with Crippen LogP contribution in [0.2, 0.25) is 0 Å². The van der Waals surface area contributed by atoms with Gasteiger partial charge in [-0.05, 0) is 54.6 Å². The number of ether oxygens (including phenoxy) is 3. The number of rotatable bonds is 6. The molecule has 1 aliphatic heterocycles. The molecule has 1 saturated heterocycles. The van der Waals surface area contributed by atoms with Crippen molar-refractivity contribution in [1.29, 1.82) is 0 Å². The number of piperazine rings is 1. The van der Waals surface area contributed by atoms with Crippen LogP contribution in [0.4, 0.5) is 11.4 Å². The minimum atomic E-state index is 0.612. The number of hydrogen-bond donors (Lipinski definition) is 0. The zero-order valence-corrected chi connectivity index (χ0v) is 17.7. The van der Waals surface area contributed by atoms with Gasteiger partial charge in [-0.25, -0.2) is 4.98 Å². The summed E-state index contributed by atoms with van der Waals surface area (Å²) in [5.41, 5.74) is 4.31. The first kappa shape index (κ1) is 19.9. The van der Waals surface area contributed by atoms with Gasteiger partial charge in [-0.2, -0.15) is 0 Å². The first-order chi connectivity index (χ1) is 14.7. The molecule has 6 heteroatoms. The van der Waals surface area contributed by atoms with Gasteiger partial charge in [0.15, 0.2) is 0 Å². The Bertz CT molecular complexity index is 966. The molecule has 1 aliphatic rings. The van der Waals surface area contributed by atoms with Gasteiger partial charge < -0.3 is 24.0 Å². The molecule has 6 nitrogen and oxygen atoms in total. The quantitative estimate of drug-likeness (QED) is 0.615. The predicted octanol–water partition coefficient (Wildman–Crippen LogP) is 4.10. The van der Waals surface area contributed by atoms with Crippen LogP contribution in [0.15, 0.2) is 60.7 Å². The van der Waals surface area contributed by atoms with Crippen LogP contribution in [0.1, 0.15) is 0 Å². The first-order valence-corrected chi connectivity index (χ1v) is 10.0. The van der Waals surface area contributed by atoms with Crippen molar-refractivity contribution in [2.75, 3.05) is 57.3 Å². The van der Waals surface area contributed by atoms with Crippen molar-refractivity contribution in [1.82, 2.24) is 4.98 Å². The molecule has 2 aromatic carbocycles. The average molecular weight is 405 g/mol. The summed E-state index contributed by atoms with van der Waals surface area (Å²) in [5, 5.41) is 0. The molecule has 0 atom stereocenters. The van der Waals surface area contributed by atoms with Crippen LogP contribution in [0.5, 0.6) is 17.4 Å². The molecule has 2 heterocycles. The molecule has 0 saturated carbocycles. The van der Waals surface area contributed by atoms with Crippen molar-refractivity contribution >= 4 is 11.4 Å². The molecule has 0 radical (unpaired) electrons. The van der Waals surface area contributed by atoms with E-state index in [-0.39, 0.29) is 0 Å². The molecular weight excluding hydrogens is 378 g/mol.